The van der Waals surface area contributed by atoms with Gasteiger partial charge in [-0.25, -0.2) is 4.99 Å². The third kappa shape index (κ3) is 5.86. The van der Waals surface area contributed by atoms with Gasteiger partial charge in [0.15, 0.2) is 0 Å². The van der Waals surface area contributed by atoms with Crippen LogP contribution in [0.5, 0.6) is 0 Å². The molecule has 0 aromatic rings. The molecular formula is C17H24F3N3O. The Balaban J connectivity index is 3.03. The first-order chi connectivity index (χ1) is 11.2. The number of nitrogens with one attached hydrogen (secondary N) is 1. The minimum Gasteiger partial charge on any atom is -0.365 e. The second-order valence-corrected chi connectivity index (χ2v) is 5.79. The van der Waals surface area contributed by atoms with Gasteiger partial charge < -0.3 is 10.2 Å². The lowest BCUT2D eigenvalue weighted by atomic mass is 10.1. The molecule has 0 aromatic heterocycles. The maximum atomic E-state index is 13.2. The van der Waals surface area contributed by atoms with E-state index in [0.29, 0.717) is 25.2 Å². The van der Waals surface area contributed by atoms with Crippen molar-refractivity contribution in [2.75, 3.05) is 13.1 Å². The number of aliphatic imine (C=N–C) groups is 1. The lowest BCUT2D eigenvalue weighted by Gasteiger charge is -2.33. The van der Waals surface area contributed by atoms with Gasteiger partial charge in [0.05, 0.1) is 5.57 Å². The Bertz CT molecular complexity index is 558. The number of amides is 1. The van der Waals surface area contributed by atoms with Crippen molar-refractivity contribution < 1.29 is 18.0 Å². The van der Waals surface area contributed by atoms with Crippen molar-refractivity contribution in [3.63, 3.8) is 0 Å². The predicted octanol–water partition coefficient (Wildman–Crippen LogP) is 3.58. The van der Waals surface area contributed by atoms with Crippen molar-refractivity contribution in [3.8, 4) is 0 Å². The zero-order valence-electron chi connectivity index (χ0n) is 14.3. The molecule has 134 valence electrons. The molecule has 1 atom stereocenters. The van der Waals surface area contributed by atoms with Crippen LogP contribution in [0.3, 0.4) is 0 Å². The second-order valence-electron chi connectivity index (χ2n) is 5.79. The van der Waals surface area contributed by atoms with Crippen molar-refractivity contribution in [3.05, 3.63) is 36.2 Å². The number of allylic oxidation sites excluding steroid dienone is 3. The Morgan fingerprint density at radius 2 is 2.04 bits per heavy atom. The zero-order chi connectivity index (χ0) is 18.3. The topological polar surface area (TPSA) is 44.7 Å². The molecule has 0 aromatic carbocycles. The average Bonchev–Trinajstić information content (AvgIpc) is 2.46. The third-order valence-electron chi connectivity index (χ3n) is 3.48. The SMILES string of the molecule is C=C/C(=C(\N=C(C)C)NC1CCCN(C(=O)/C=C/C)C1)C(F)(F)F. The molecule has 1 amide bonds. The Morgan fingerprint density at radius 3 is 2.54 bits per heavy atom. The van der Waals surface area contributed by atoms with Gasteiger partial charge in [-0.3, -0.25) is 4.79 Å². The van der Waals surface area contributed by atoms with Crippen LogP contribution in [-0.4, -0.2) is 41.8 Å². The lowest BCUT2D eigenvalue weighted by molar-refractivity contribution is -0.127. The van der Waals surface area contributed by atoms with Gasteiger partial charge in [0.2, 0.25) is 5.91 Å². The largest absolute Gasteiger partial charge is 0.419 e. The van der Waals surface area contributed by atoms with Crippen LogP contribution in [0.4, 0.5) is 13.2 Å². The van der Waals surface area contributed by atoms with Gasteiger partial charge >= 0.3 is 6.18 Å². The van der Waals surface area contributed by atoms with Gasteiger partial charge in [-0.05, 0) is 39.7 Å². The van der Waals surface area contributed by atoms with Crippen LogP contribution in [-0.2, 0) is 4.79 Å². The van der Waals surface area contributed by atoms with Crippen LogP contribution in [0.1, 0.15) is 33.6 Å². The third-order valence-corrected chi connectivity index (χ3v) is 3.48. The quantitative estimate of drug-likeness (QED) is 0.471. The van der Waals surface area contributed by atoms with Crippen molar-refractivity contribution in [1.29, 1.82) is 0 Å². The standard InChI is InChI=1S/C17H24F3N3O/c1-5-8-15(24)23-10-7-9-13(11-23)22-16(21-12(3)4)14(6-2)17(18,19)20/h5-6,8,13,22H,2,7,9-11H2,1,3-4H3/b8-5+,16-14-. The van der Waals surface area contributed by atoms with Gasteiger partial charge in [-0.2, -0.15) is 13.2 Å². The number of likely N-dealkylation sites (tertiary alicyclic amines) is 1. The Morgan fingerprint density at radius 1 is 1.38 bits per heavy atom. The number of halogens is 3. The molecule has 0 saturated carbocycles. The number of rotatable bonds is 5. The van der Waals surface area contributed by atoms with Crippen LogP contribution in [0, 0.1) is 0 Å². The van der Waals surface area contributed by atoms with Crippen LogP contribution < -0.4 is 5.32 Å². The summed E-state index contributed by atoms with van der Waals surface area (Å²) < 4.78 is 39.5. The van der Waals surface area contributed by atoms with E-state index in [1.165, 1.54) is 6.08 Å². The molecule has 0 aliphatic carbocycles. The fourth-order valence-electron chi connectivity index (χ4n) is 2.48. The summed E-state index contributed by atoms with van der Waals surface area (Å²) in [5.74, 6) is -0.382. The summed E-state index contributed by atoms with van der Waals surface area (Å²) in [7, 11) is 0. The second kappa shape index (κ2) is 8.70. The highest BCUT2D eigenvalue weighted by molar-refractivity contribution is 5.87. The molecule has 1 heterocycles. The zero-order valence-corrected chi connectivity index (χ0v) is 14.3. The van der Waals surface area contributed by atoms with Gasteiger partial charge in [-0.1, -0.05) is 18.7 Å². The molecule has 7 heteroatoms. The number of hydrogen-bond acceptors (Lipinski definition) is 3. The first kappa shape index (κ1) is 20.0. The number of alkyl halides is 3. The molecule has 0 radical (unpaired) electrons. The average molecular weight is 343 g/mol. The molecule has 0 bridgehead atoms. The molecule has 24 heavy (non-hydrogen) atoms. The van der Waals surface area contributed by atoms with E-state index in [-0.39, 0.29) is 17.8 Å². The fraction of sp³-hybridized carbons (Fsp3) is 0.529. The van der Waals surface area contributed by atoms with Crippen molar-refractivity contribution >= 4 is 11.6 Å². The van der Waals surface area contributed by atoms with E-state index in [1.54, 1.807) is 31.7 Å². The molecule has 1 aliphatic rings. The Labute approximate surface area is 140 Å². The molecule has 4 nitrogen and oxygen atoms in total. The van der Waals surface area contributed by atoms with Crippen LogP contribution in [0.15, 0.2) is 41.2 Å². The number of nitrogens with zero attached hydrogens (tertiary/aromatic N) is 2. The molecule has 1 N–H and O–H groups in total. The maximum absolute atomic E-state index is 13.2. The fourth-order valence-corrected chi connectivity index (χ4v) is 2.48. The smallest absolute Gasteiger partial charge is 0.365 e. The van der Waals surface area contributed by atoms with Crippen molar-refractivity contribution in [2.24, 2.45) is 4.99 Å². The predicted molar refractivity (Wildman–Crippen MR) is 89.6 cm³/mol. The van der Waals surface area contributed by atoms with E-state index in [9.17, 15) is 18.0 Å². The van der Waals surface area contributed by atoms with Gasteiger partial charge in [-0.15, -0.1) is 0 Å². The maximum Gasteiger partial charge on any atom is 0.419 e. The summed E-state index contributed by atoms with van der Waals surface area (Å²) in [4.78, 5) is 17.6. The number of hydrogen-bond donors (Lipinski definition) is 1. The summed E-state index contributed by atoms with van der Waals surface area (Å²) >= 11 is 0. The summed E-state index contributed by atoms with van der Waals surface area (Å²) in [6.45, 7) is 9.20. The summed E-state index contributed by atoms with van der Waals surface area (Å²) in [5, 5.41) is 2.85. The van der Waals surface area contributed by atoms with E-state index in [2.05, 4.69) is 16.9 Å². The molecular weight excluding hydrogens is 319 g/mol. The molecule has 1 unspecified atom stereocenters. The van der Waals surface area contributed by atoms with E-state index in [0.717, 1.165) is 12.5 Å². The highest BCUT2D eigenvalue weighted by Crippen LogP contribution is 2.29. The summed E-state index contributed by atoms with van der Waals surface area (Å²) in [5.41, 5.74) is -0.403. The molecule has 1 aliphatic heterocycles. The number of carbonyl (C=O) groups is 1. The summed E-state index contributed by atoms with van der Waals surface area (Å²) in [6.07, 6.45) is 0.716. The van der Waals surface area contributed by atoms with E-state index >= 15 is 0 Å². The minimum atomic E-state index is -4.54. The normalized spacial score (nSPS) is 19.8. The van der Waals surface area contributed by atoms with E-state index < -0.39 is 11.7 Å². The minimum absolute atomic E-state index is 0.135. The first-order valence-electron chi connectivity index (χ1n) is 7.83. The molecule has 0 spiro atoms. The van der Waals surface area contributed by atoms with E-state index in [4.69, 9.17) is 0 Å². The van der Waals surface area contributed by atoms with Crippen LogP contribution >= 0.6 is 0 Å². The van der Waals surface area contributed by atoms with Gasteiger partial charge in [0.1, 0.15) is 5.82 Å². The number of carbonyl (C=O) groups excluding carboxylic acids is 1. The highest BCUT2D eigenvalue weighted by Gasteiger charge is 2.35. The summed E-state index contributed by atoms with van der Waals surface area (Å²) in [6, 6.07) is -0.289. The van der Waals surface area contributed by atoms with Crippen molar-refractivity contribution in [2.45, 2.75) is 45.8 Å². The van der Waals surface area contributed by atoms with Crippen molar-refractivity contribution in [1.82, 2.24) is 10.2 Å². The monoisotopic (exact) mass is 343 g/mol. The number of piperidine rings is 1. The molecule has 1 fully saturated rings. The van der Waals surface area contributed by atoms with Gasteiger partial charge in [0.25, 0.3) is 0 Å². The highest BCUT2D eigenvalue weighted by atomic mass is 19.4. The Hall–Kier alpha value is -2.05. The first-order valence-corrected chi connectivity index (χ1v) is 7.83. The van der Waals surface area contributed by atoms with Gasteiger partial charge in [0, 0.05) is 24.8 Å². The molecule has 1 saturated heterocycles. The van der Waals surface area contributed by atoms with Crippen LogP contribution in [0.2, 0.25) is 0 Å². The lowest BCUT2D eigenvalue weighted by Crippen LogP contribution is -2.47. The van der Waals surface area contributed by atoms with E-state index in [1.807, 2.05) is 0 Å². The molecule has 1 rings (SSSR count). The Kier molecular flexibility index (Phi) is 7.25. The van der Waals surface area contributed by atoms with Crippen LogP contribution in [0.25, 0.3) is 0 Å².